The molecule has 0 aromatic heterocycles. The van der Waals surface area contributed by atoms with Crippen LogP contribution < -0.4 is 25.0 Å². The minimum Gasteiger partial charge on any atom is -0.494 e. The van der Waals surface area contributed by atoms with Crippen LogP contribution in [-0.4, -0.2) is 43.8 Å². The van der Waals surface area contributed by atoms with Gasteiger partial charge < -0.3 is 19.5 Å². The number of nitrogens with one attached hydrogen (secondary N) is 2. The third kappa shape index (κ3) is 7.69. The van der Waals surface area contributed by atoms with Gasteiger partial charge in [0.05, 0.1) is 31.5 Å². The van der Waals surface area contributed by atoms with Crippen molar-refractivity contribution in [3.63, 3.8) is 0 Å². The molecule has 186 valence electrons. The number of nitrogens with zero attached hydrogens (tertiary/aromatic N) is 1. The lowest BCUT2D eigenvalue weighted by Gasteiger charge is -2.11. The Bertz CT molecular complexity index is 1210. The lowest BCUT2D eigenvalue weighted by Crippen LogP contribution is -2.34. The fourth-order valence-electron chi connectivity index (χ4n) is 3.04. The molecule has 0 saturated heterocycles. The SMILES string of the molecule is CCOc1ccc(C(=O)NCC(=O)NN=Cc2ccc(OC(=O)c3ccccc3)c(OCC)c2)cc1. The molecule has 0 aliphatic rings. The van der Waals surface area contributed by atoms with E-state index >= 15 is 0 Å². The molecule has 0 atom stereocenters. The highest BCUT2D eigenvalue weighted by atomic mass is 16.6. The minimum absolute atomic E-state index is 0.248. The van der Waals surface area contributed by atoms with E-state index < -0.39 is 11.9 Å². The van der Waals surface area contributed by atoms with Crippen LogP contribution in [0, 0.1) is 0 Å². The van der Waals surface area contributed by atoms with Crippen LogP contribution in [0.15, 0.2) is 77.9 Å². The van der Waals surface area contributed by atoms with Gasteiger partial charge in [-0.3, -0.25) is 9.59 Å². The van der Waals surface area contributed by atoms with Crippen molar-refractivity contribution < 1.29 is 28.6 Å². The summed E-state index contributed by atoms with van der Waals surface area (Å²) in [5, 5.41) is 6.44. The van der Waals surface area contributed by atoms with Crippen molar-refractivity contribution in [1.29, 1.82) is 0 Å². The first kappa shape index (κ1) is 26.0. The monoisotopic (exact) mass is 489 g/mol. The molecule has 0 saturated carbocycles. The van der Waals surface area contributed by atoms with Crippen LogP contribution in [0.2, 0.25) is 0 Å². The number of ether oxygens (including phenoxy) is 3. The van der Waals surface area contributed by atoms with Gasteiger partial charge in [-0.1, -0.05) is 18.2 Å². The summed E-state index contributed by atoms with van der Waals surface area (Å²) in [6, 6.07) is 20.1. The van der Waals surface area contributed by atoms with Crippen molar-refractivity contribution in [2.24, 2.45) is 5.10 Å². The van der Waals surface area contributed by atoms with Gasteiger partial charge >= 0.3 is 5.97 Å². The van der Waals surface area contributed by atoms with Crippen molar-refractivity contribution >= 4 is 24.0 Å². The Kier molecular flexibility index (Phi) is 9.58. The van der Waals surface area contributed by atoms with Crippen LogP contribution in [0.25, 0.3) is 0 Å². The van der Waals surface area contributed by atoms with Gasteiger partial charge in [-0.05, 0) is 74.0 Å². The molecule has 2 amide bonds. The van der Waals surface area contributed by atoms with Gasteiger partial charge in [0, 0.05) is 5.56 Å². The zero-order chi connectivity index (χ0) is 25.8. The van der Waals surface area contributed by atoms with Crippen LogP contribution in [0.3, 0.4) is 0 Å². The summed E-state index contributed by atoms with van der Waals surface area (Å²) in [6.07, 6.45) is 1.41. The molecule has 0 heterocycles. The molecular weight excluding hydrogens is 462 g/mol. The van der Waals surface area contributed by atoms with Crippen LogP contribution in [0.1, 0.15) is 40.1 Å². The number of rotatable bonds is 11. The van der Waals surface area contributed by atoms with Crippen LogP contribution in [0.4, 0.5) is 0 Å². The quantitative estimate of drug-likeness (QED) is 0.184. The number of hydrogen-bond donors (Lipinski definition) is 2. The Balaban J connectivity index is 1.53. The molecule has 3 aromatic carbocycles. The summed E-state index contributed by atoms with van der Waals surface area (Å²) < 4.78 is 16.4. The largest absolute Gasteiger partial charge is 0.494 e. The third-order valence-electron chi connectivity index (χ3n) is 4.72. The first-order chi connectivity index (χ1) is 17.5. The first-order valence-electron chi connectivity index (χ1n) is 11.4. The van der Waals surface area contributed by atoms with E-state index in [-0.39, 0.29) is 18.2 Å². The molecular formula is C27H27N3O6. The average Bonchev–Trinajstić information content (AvgIpc) is 2.90. The molecule has 9 heteroatoms. The van der Waals surface area contributed by atoms with Crippen molar-refractivity contribution in [3.8, 4) is 17.2 Å². The average molecular weight is 490 g/mol. The van der Waals surface area contributed by atoms with E-state index in [1.165, 1.54) is 6.21 Å². The molecule has 36 heavy (non-hydrogen) atoms. The van der Waals surface area contributed by atoms with E-state index in [9.17, 15) is 14.4 Å². The molecule has 0 fully saturated rings. The van der Waals surface area contributed by atoms with E-state index in [0.29, 0.717) is 41.4 Å². The maximum absolute atomic E-state index is 12.4. The van der Waals surface area contributed by atoms with Gasteiger partial charge in [-0.15, -0.1) is 0 Å². The smallest absolute Gasteiger partial charge is 0.343 e. The van der Waals surface area contributed by atoms with Gasteiger partial charge in [0.15, 0.2) is 11.5 Å². The summed E-state index contributed by atoms with van der Waals surface area (Å²) in [5.41, 5.74) is 3.79. The fourth-order valence-corrected chi connectivity index (χ4v) is 3.04. The third-order valence-corrected chi connectivity index (χ3v) is 4.72. The highest BCUT2D eigenvalue weighted by Gasteiger charge is 2.13. The molecule has 9 nitrogen and oxygen atoms in total. The predicted molar refractivity (Wildman–Crippen MR) is 135 cm³/mol. The van der Waals surface area contributed by atoms with Crippen LogP contribution in [0.5, 0.6) is 17.2 Å². The summed E-state index contributed by atoms with van der Waals surface area (Å²) in [5.74, 6) is -0.0970. The molecule has 3 rings (SSSR count). The maximum Gasteiger partial charge on any atom is 0.343 e. The van der Waals surface area contributed by atoms with Crippen molar-refractivity contribution in [1.82, 2.24) is 10.7 Å². The Morgan fingerprint density at radius 1 is 0.833 bits per heavy atom. The van der Waals surface area contributed by atoms with Crippen molar-refractivity contribution in [3.05, 3.63) is 89.5 Å². The van der Waals surface area contributed by atoms with Gasteiger partial charge in [0.1, 0.15) is 5.75 Å². The predicted octanol–water partition coefficient (Wildman–Crippen LogP) is 3.58. The number of hydrogen-bond acceptors (Lipinski definition) is 7. The Morgan fingerprint density at radius 3 is 2.25 bits per heavy atom. The van der Waals surface area contributed by atoms with E-state index in [1.54, 1.807) is 66.7 Å². The second-order valence-electron chi connectivity index (χ2n) is 7.33. The molecule has 0 aliphatic heterocycles. The molecule has 0 bridgehead atoms. The number of hydrazone groups is 1. The Morgan fingerprint density at radius 2 is 1.56 bits per heavy atom. The van der Waals surface area contributed by atoms with Gasteiger partial charge in [-0.2, -0.15) is 5.10 Å². The second-order valence-corrected chi connectivity index (χ2v) is 7.33. The highest BCUT2D eigenvalue weighted by molar-refractivity contribution is 5.96. The molecule has 3 aromatic rings. The van der Waals surface area contributed by atoms with E-state index in [1.807, 2.05) is 19.9 Å². The van der Waals surface area contributed by atoms with Gasteiger partial charge in [-0.25, -0.2) is 10.2 Å². The van der Waals surface area contributed by atoms with Gasteiger partial charge in [0.2, 0.25) is 0 Å². The number of benzene rings is 3. The van der Waals surface area contributed by atoms with E-state index in [2.05, 4.69) is 15.8 Å². The number of carbonyl (C=O) groups is 3. The molecule has 0 aliphatic carbocycles. The normalized spacial score (nSPS) is 10.5. The maximum atomic E-state index is 12.4. The lowest BCUT2D eigenvalue weighted by atomic mass is 10.2. The Labute approximate surface area is 209 Å². The second kappa shape index (κ2) is 13.3. The first-order valence-corrected chi connectivity index (χ1v) is 11.4. The van der Waals surface area contributed by atoms with Gasteiger partial charge in [0.25, 0.3) is 11.8 Å². The number of esters is 1. The molecule has 0 spiro atoms. The zero-order valence-corrected chi connectivity index (χ0v) is 20.0. The summed E-state index contributed by atoms with van der Waals surface area (Å²) in [6.45, 7) is 4.33. The highest BCUT2D eigenvalue weighted by Crippen LogP contribution is 2.29. The summed E-state index contributed by atoms with van der Waals surface area (Å²) in [4.78, 5) is 36.6. The molecule has 0 radical (unpaired) electrons. The van der Waals surface area contributed by atoms with Crippen molar-refractivity contribution in [2.45, 2.75) is 13.8 Å². The standard InChI is InChI=1S/C27H27N3O6/c1-3-34-22-13-11-20(12-14-22)26(32)28-18-25(31)30-29-17-19-10-15-23(24(16-19)35-4-2)36-27(33)21-8-6-5-7-9-21/h5-17H,3-4,18H2,1-2H3,(H,28,32)(H,30,31). The summed E-state index contributed by atoms with van der Waals surface area (Å²) >= 11 is 0. The lowest BCUT2D eigenvalue weighted by molar-refractivity contribution is -0.120. The topological polar surface area (TPSA) is 115 Å². The number of carbonyl (C=O) groups excluding carboxylic acids is 3. The zero-order valence-electron chi connectivity index (χ0n) is 20.0. The molecule has 2 N–H and O–H groups in total. The summed E-state index contributed by atoms with van der Waals surface area (Å²) in [7, 11) is 0. The Hall–Kier alpha value is -4.66. The fraction of sp³-hybridized carbons (Fsp3) is 0.185. The van der Waals surface area contributed by atoms with Crippen molar-refractivity contribution in [2.75, 3.05) is 19.8 Å². The van der Waals surface area contributed by atoms with Crippen LogP contribution >= 0.6 is 0 Å². The van der Waals surface area contributed by atoms with E-state index in [0.717, 1.165) is 0 Å². The van der Waals surface area contributed by atoms with Crippen LogP contribution in [-0.2, 0) is 4.79 Å². The number of amides is 2. The van der Waals surface area contributed by atoms with E-state index in [4.69, 9.17) is 14.2 Å². The minimum atomic E-state index is -0.502. The molecule has 0 unspecified atom stereocenters.